The number of ether oxygens (including phenoxy) is 1. The number of amides is 4. The number of carbonyl (C=O) groups excluding carboxylic acids is 5. The molecule has 3 atom stereocenters. The van der Waals surface area contributed by atoms with Crippen LogP contribution in [0.3, 0.4) is 0 Å². The number of aryl methyl sites for hydroxylation is 1. The molecule has 298 valence electrons. The zero-order valence-electron chi connectivity index (χ0n) is 31.6. The van der Waals surface area contributed by atoms with Gasteiger partial charge in [0.25, 0.3) is 5.56 Å². The van der Waals surface area contributed by atoms with Crippen molar-refractivity contribution in [2.45, 2.75) is 83.2 Å². The number of aliphatic hydroxyl groups is 1. The zero-order chi connectivity index (χ0) is 40.6. The van der Waals surface area contributed by atoms with Crippen LogP contribution in [0.15, 0.2) is 47.3 Å². The van der Waals surface area contributed by atoms with Crippen LogP contribution in [0.5, 0.6) is 0 Å². The molecule has 1 aliphatic carbocycles. The lowest BCUT2D eigenvalue weighted by atomic mass is 9.81. The van der Waals surface area contributed by atoms with Gasteiger partial charge in [0.15, 0.2) is 5.60 Å². The lowest BCUT2D eigenvalue weighted by molar-refractivity contribution is -0.172. The Morgan fingerprint density at radius 2 is 1.84 bits per heavy atom. The summed E-state index contributed by atoms with van der Waals surface area (Å²) in [6, 6.07) is 10.6. The average Bonchev–Trinajstić information content (AvgIpc) is 3.58. The van der Waals surface area contributed by atoms with Crippen LogP contribution in [-0.2, 0) is 60.3 Å². The van der Waals surface area contributed by atoms with Gasteiger partial charge in [-0.1, -0.05) is 37.3 Å². The maximum absolute atomic E-state index is 15.3. The molecule has 3 aliphatic rings. The van der Waals surface area contributed by atoms with Crippen molar-refractivity contribution in [1.82, 2.24) is 30.8 Å². The second kappa shape index (κ2) is 15.9. The molecule has 4 amide bonds. The monoisotopic (exact) mass is 781 g/mol. The van der Waals surface area contributed by atoms with Crippen molar-refractivity contribution in [1.29, 1.82) is 0 Å². The first-order valence-corrected chi connectivity index (χ1v) is 19.0. The lowest BCUT2D eigenvalue weighted by Crippen LogP contribution is -2.51. The molecule has 2 aromatic carbocycles. The number of cyclic esters (lactones) is 1. The highest BCUT2D eigenvalue weighted by atomic mass is 19.1. The van der Waals surface area contributed by atoms with Crippen molar-refractivity contribution in [3.05, 3.63) is 97.6 Å². The summed E-state index contributed by atoms with van der Waals surface area (Å²) < 4.78 is 22.0. The van der Waals surface area contributed by atoms with Crippen molar-refractivity contribution in [3.8, 4) is 11.4 Å². The van der Waals surface area contributed by atoms with Gasteiger partial charge >= 0.3 is 5.97 Å². The van der Waals surface area contributed by atoms with E-state index in [1.807, 2.05) is 30.3 Å². The highest BCUT2D eigenvalue weighted by molar-refractivity contribution is 5.94. The molecule has 0 fully saturated rings. The third-order valence-electron chi connectivity index (χ3n) is 11.2. The molecule has 0 saturated carbocycles. The zero-order valence-corrected chi connectivity index (χ0v) is 31.6. The first kappa shape index (κ1) is 39.2. The predicted molar refractivity (Wildman–Crippen MR) is 205 cm³/mol. The highest BCUT2D eigenvalue weighted by Crippen LogP contribution is 2.46. The standard InChI is InChI=1S/C41H44FN7O8/c1-3-41(56)26-15-31-37-24(19-49(31)39(54)25(26)20-57-40(41)55)36-28(12-11-23-21(2)27(42)16-29(48-37)35(23)36)46-32(50)10-7-13-44-38(53)30(14-22-8-5-4-6-9-22)47-34(52)18-45-33(51)17-43/h4-6,8-9,15-16,28,30,56H,3,7,10-14,17-20,43H2,1-2H3,(H,44,53)(H,45,51)(H,46,50)(H,47,52)/t28-,30-,41-/m0/s1. The molecule has 15 nitrogen and oxygen atoms in total. The van der Waals surface area contributed by atoms with E-state index in [9.17, 15) is 33.9 Å². The number of hydrogen-bond acceptors (Lipinski definition) is 10. The summed E-state index contributed by atoms with van der Waals surface area (Å²) in [5.74, 6) is -3.07. The fourth-order valence-corrected chi connectivity index (χ4v) is 8.10. The van der Waals surface area contributed by atoms with Gasteiger partial charge in [0.05, 0.1) is 48.1 Å². The van der Waals surface area contributed by atoms with Crippen LogP contribution < -0.4 is 32.6 Å². The molecule has 16 heteroatoms. The maximum atomic E-state index is 15.3. The number of esters is 1. The summed E-state index contributed by atoms with van der Waals surface area (Å²) in [6.45, 7) is 2.68. The molecule has 2 aliphatic heterocycles. The molecule has 2 aromatic heterocycles. The van der Waals surface area contributed by atoms with Crippen LogP contribution in [0.2, 0.25) is 0 Å². The molecule has 4 aromatic rings. The second-order valence-electron chi connectivity index (χ2n) is 14.7. The third-order valence-corrected chi connectivity index (χ3v) is 11.2. The van der Waals surface area contributed by atoms with Crippen molar-refractivity contribution in [2.75, 3.05) is 19.6 Å². The first-order chi connectivity index (χ1) is 27.3. The molecular weight excluding hydrogens is 737 g/mol. The van der Waals surface area contributed by atoms with E-state index in [0.29, 0.717) is 40.9 Å². The number of hydrogen-bond donors (Lipinski definition) is 6. The van der Waals surface area contributed by atoms with Gasteiger partial charge in [-0.05, 0) is 60.9 Å². The van der Waals surface area contributed by atoms with E-state index in [4.69, 9.17) is 15.5 Å². The first-order valence-electron chi connectivity index (χ1n) is 19.0. The minimum Gasteiger partial charge on any atom is -0.458 e. The molecule has 0 radical (unpaired) electrons. The summed E-state index contributed by atoms with van der Waals surface area (Å²) in [4.78, 5) is 82.3. The quantitative estimate of drug-likeness (QED) is 0.0743. The van der Waals surface area contributed by atoms with Crippen molar-refractivity contribution in [3.63, 3.8) is 0 Å². The minimum absolute atomic E-state index is 0.0159. The van der Waals surface area contributed by atoms with Crippen LogP contribution >= 0.6 is 0 Å². The third kappa shape index (κ3) is 7.37. The SMILES string of the molecule is CC[C@@]1(O)C(=O)OCc2c1cc1n(c2=O)Cc2c-1nc1cc(F)c(C)c3c1c2[C@@H](NC(=O)CCCNC(=O)[C@H](Cc1ccccc1)NC(=O)CNC(=O)CN)CC3. The van der Waals surface area contributed by atoms with E-state index in [0.717, 1.165) is 22.1 Å². The van der Waals surface area contributed by atoms with Gasteiger partial charge in [0, 0.05) is 42.0 Å². The number of nitrogens with one attached hydrogen (secondary N) is 4. The van der Waals surface area contributed by atoms with E-state index < -0.39 is 52.8 Å². The van der Waals surface area contributed by atoms with Gasteiger partial charge in [0.2, 0.25) is 23.6 Å². The molecule has 4 heterocycles. The van der Waals surface area contributed by atoms with Crippen molar-refractivity contribution < 1.29 is 38.2 Å². The van der Waals surface area contributed by atoms with Crippen molar-refractivity contribution >= 4 is 40.5 Å². The Morgan fingerprint density at radius 3 is 2.58 bits per heavy atom. The predicted octanol–water partition coefficient (Wildman–Crippen LogP) is 1.33. The van der Waals surface area contributed by atoms with Gasteiger partial charge in [0.1, 0.15) is 18.5 Å². The average molecular weight is 782 g/mol. The van der Waals surface area contributed by atoms with Crippen LogP contribution in [0.1, 0.15) is 77.6 Å². The maximum Gasteiger partial charge on any atom is 0.343 e. The Balaban J connectivity index is 1.09. The van der Waals surface area contributed by atoms with Crippen LogP contribution in [0.4, 0.5) is 4.39 Å². The number of fused-ring (bicyclic) bond motifs is 5. The Hall–Kier alpha value is -6.00. The molecule has 0 unspecified atom stereocenters. The van der Waals surface area contributed by atoms with Gasteiger partial charge in [-0.2, -0.15) is 0 Å². The molecule has 7 rings (SSSR count). The largest absolute Gasteiger partial charge is 0.458 e. The van der Waals surface area contributed by atoms with Gasteiger partial charge in [-0.15, -0.1) is 0 Å². The van der Waals surface area contributed by atoms with E-state index in [-0.39, 0.29) is 75.5 Å². The highest BCUT2D eigenvalue weighted by Gasteiger charge is 2.46. The summed E-state index contributed by atoms with van der Waals surface area (Å²) in [5, 5.41) is 23.0. The van der Waals surface area contributed by atoms with Crippen LogP contribution in [0, 0.1) is 12.7 Å². The number of benzene rings is 2. The van der Waals surface area contributed by atoms with E-state index in [1.165, 1.54) is 10.6 Å². The fourth-order valence-electron chi connectivity index (χ4n) is 8.10. The minimum atomic E-state index is -2.01. The Morgan fingerprint density at radius 1 is 1.07 bits per heavy atom. The van der Waals surface area contributed by atoms with Gasteiger partial charge in [-0.3, -0.25) is 24.0 Å². The summed E-state index contributed by atoms with van der Waals surface area (Å²) in [7, 11) is 0. The molecule has 0 saturated heterocycles. The van der Waals surface area contributed by atoms with Crippen LogP contribution in [0.25, 0.3) is 22.3 Å². The van der Waals surface area contributed by atoms with Gasteiger partial charge < -0.3 is 41.4 Å². The number of aromatic nitrogens is 2. The molecule has 57 heavy (non-hydrogen) atoms. The topological polar surface area (TPSA) is 224 Å². The Bertz CT molecular complexity index is 2380. The van der Waals surface area contributed by atoms with Gasteiger partial charge in [-0.25, -0.2) is 14.2 Å². The van der Waals surface area contributed by atoms with Crippen molar-refractivity contribution in [2.24, 2.45) is 5.73 Å². The Kier molecular flexibility index (Phi) is 10.9. The number of nitrogens with zero attached hydrogens (tertiary/aromatic N) is 2. The number of pyridine rings is 2. The molecule has 0 bridgehead atoms. The summed E-state index contributed by atoms with van der Waals surface area (Å²) in [6.07, 6.45) is 1.45. The number of carbonyl (C=O) groups is 5. The molecule has 0 spiro atoms. The van der Waals surface area contributed by atoms with E-state index >= 15 is 4.39 Å². The normalized spacial score (nSPS) is 18.1. The smallest absolute Gasteiger partial charge is 0.343 e. The Labute approximate surface area is 326 Å². The number of rotatable bonds is 13. The molecular formula is C41H44FN7O8. The number of halogens is 1. The van der Waals surface area contributed by atoms with E-state index in [2.05, 4.69) is 21.3 Å². The summed E-state index contributed by atoms with van der Waals surface area (Å²) >= 11 is 0. The fraction of sp³-hybridized carbons (Fsp3) is 0.390. The lowest BCUT2D eigenvalue weighted by Gasteiger charge is -2.31. The summed E-state index contributed by atoms with van der Waals surface area (Å²) in [5.41, 5.74) is 7.86. The van der Waals surface area contributed by atoms with E-state index in [1.54, 1.807) is 19.9 Å². The van der Waals surface area contributed by atoms with Crippen LogP contribution in [-0.4, -0.2) is 69.9 Å². The second-order valence-corrected chi connectivity index (χ2v) is 14.7. The number of nitrogens with two attached hydrogens (primary N) is 1. The molecule has 7 N–H and O–H groups in total.